The van der Waals surface area contributed by atoms with E-state index in [1.54, 1.807) is 0 Å². The SMILES string of the molecule is C=CCC(CC1CCCC1)NCC. The molecule has 76 valence electrons. The molecule has 13 heavy (non-hydrogen) atoms. The maximum Gasteiger partial charge on any atom is 0.0104 e. The molecule has 0 aromatic rings. The number of hydrogen-bond acceptors (Lipinski definition) is 1. The zero-order chi connectivity index (χ0) is 9.52. The van der Waals surface area contributed by atoms with Crippen LogP contribution in [-0.2, 0) is 0 Å². The molecular weight excluding hydrogens is 158 g/mol. The summed E-state index contributed by atoms with van der Waals surface area (Å²) in [5.41, 5.74) is 0. The van der Waals surface area contributed by atoms with Crippen molar-refractivity contribution in [1.82, 2.24) is 5.32 Å². The number of hydrogen-bond donors (Lipinski definition) is 1. The van der Waals surface area contributed by atoms with Crippen LogP contribution in [0.15, 0.2) is 12.7 Å². The number of nitrogens with one attached hydrogen (secondary N) is 1. The standard InChI is InChI=1S/C12H23N/c1-3-7-12(13-4-2)10-11-8-5-6-9-11/h3,11-13H,1,4-10H2,2H3. The van der Waals surface area contributed by atoms with E-state index >= 15 is 0 Å². The van der Waals surface area contributed by atoms with Gasteiger partial charge in [-0.15, -0.1) is 6.58 Å². The van der Waals surface area contributed by atoms with Crippen molar-refractivity contribution < 1.29 is 0 Å². The second kappa shape index (κ2) is 6.20. The maximum absolute atomic E-state index is 3.82. The fourth-order valence-corrected chi connectivity index (χ4v) is 2.40. The maximum atomic E-state index is 3.82. The van der Waals surface area contributed by atoms with Gasteiger partial charge in [-0.05, 0) is 25.3 Å². The van der Waals surface area contributed by atoms with Crippen LogP contribution in [0, 0.1) is 5.92 Å². The van der Waals surface area contributed by atoms with E-state index in [1.807, 2.05) is 6.08 Å². The van der Waals surface area contributed by atoms with E-state index in [4.69, 9.17) is 0 Å². The van der Waals surface area contributed by atoms with Gasteiger partial charge in [-0.25, -0.2) is 0 Å². The predicted molar refractivity (Wildman–Crippen MR) is 58.9 cm³/mol. The average Bonchev–Trinajstić information content (AvgIpc) is 2.58. The highest BCUT2D eigenvalue weighted by Gasteiger charge is 2.18. The fourth-order valence-electron chi connectivity index (χ4n) is 2.40. The third kappa shape index (κ3) is 3.95. The molecule has 0 radical (unpaired) electrons. The van der Waals surface area contributed by atoms with Crippen LogP contribution >= 0.6 is 0 Å². The summed E-state index contributed by atoms with van der Waals surface area (Å²) < 4.78 is 0. The Kier molecular flexibility index (Phi) is 5.14. The molecule has 0 amide bonds. The van der Waals surface area contributed by atoms with E-state index in [0.29, 0.717) is 6.04 Å². The van der Waals surface area contributed by atoms with Gasteiger partial charge in [0.2, 0.25) is 0 Å². The molecule has 0 heterocycles. The Morgan fingerprint density at radius 1 is 1.46 bits per heavy atom. The monoisotopic (exact) mass is 181 g/mol. The van der Waals surface area contributed by atoms with E-state index in [2.05, 4.69) is 18.8 Å². The summed E-state index contributed by atoms with van der Waals surface area (Å²) >= 11 is 0. The van der Waals surface area contributed by atoms with Gasteiger partial charge in [-0.3, -0.25) is 0 Å². The average molecular weight is 181 g/mol. The molecule has 1 nitrogen and oxygen atoms in total. The lowest BCUT2D eigenvalue weighted by Crippen LogP contribution is -2.30. The van der Waals surface area contributed by atoms with E-state index in [-0.39, 0.29) is 0 Å². The molecule has 1 atom stereocenters. The second-order valence-electron chi connectivity index (χ2n) is 4.17. The van der Waals surface area contributed by atoms with Crippen LogP contribution in [0.2, 0.25) is 0 Å². The molecule has 1 rings (SSSR count). The van der Waals surface area contributed by atoms with Gasteiger partial charge in [0.05, 0.1) is 0 Å². The van der Waals surface area contributed by atoms with Crippen molar-refractivity contribution in [3.8, 4) is 0 Å². The minimum Gasteiger partial charge on any atom is -0.314 e. The van der Waals surface area contributed by atoms with E-state index in [1.165, 1.54) is 32.1 Å². The molecular formula is C12H23N. The van der Waals surface area contributed by atoms with Gasteiger partial charge in [-0.2, -0.15) is 0 Å². The van der Waals surface area contributed by atoms with Gasteiger partial charge in [0.25, 0.3) is 0 Å². The lowest BCUT2D eigenvalue weighted by atomic mass is 9.96. The minimum atomic E-state index is 0.686. The van der Waals surface area contributed by atoms with Crippen molar-refractivity contribution in [2.45, 2.75) is 51.5 Å². The van der Waals surface area contributed by atoms with Crippen LogP contribution in [-0.4, -0.2) is 12.6 Å². The lowest BCUT2D eigenvalue weighted by Gasteiger charge is -2.19. The summed E-state index contributed by atoms with van der Waals surface area (Å²) in [6, 6.07) is 0.686. The zero-order valence-corrected chi connectivity index (χ0v) is 8.89. The lowest BCUT2D eigenvalue weighted by molar-refractivity contribution is 0.394. The quantitative estimate of drug-likeness (QED) is 0.621. The zero-order valence-electron chi connectivity index (χ0n) is 8.89. The van der Waals surface area contributed by atoms with Crippen LogP contribution in [0.25, 0.3) is 0 Å². The summed E-state index contributed by atoms with van der Waals surface area (Å²) in [5, 5.41) is 3.54. The van der Waals surface area contributed by atoms with Crippen molar-refractivity contribution >= 4 is 0 Å². The highest BCUT2D eigenvalue weighted by atomic mass is 14.9. The summed E-state index contributed by atoms with van der Waals surface area (Å²) in [5.74, 6) is 0.990. The van der Waals surface area contributed by atoms with E-state index in [9.17, 15) is 0 Å². The highest BCUT2D eigenvalue weighted by molar-refractivity contribution is 4.81. The number of rotatable bonds is 6. The Bertz CT molecular complexity index is 136. The van der Waals surface area contributed by atoms with E-state index < -0.39 is 0 Å². The first-order valence-electron chi connectivity index (χ1n) is 5.71. The molecule has 0 saturated heterocycles. The third-order valence-electron chi connectivity index (χ3n) is 3.04. The van der Waals surface area contributed by atoms with Gasteiger partial charge in [0.1, 0.15) is 0 Å². The van der Waals surface area contributed by atoms with Crippen LogP contribution in [0.3, 0.4) is 0 Å². The molecule has 1 fully saturated rings. The van der Waals surface area contributed by atoms with Gasteiger partial charge < -0.3 is 5.32 Å². The van der Waals surface area contributed by atoms with Crippen LogP contribution < -0.4 is 5.32 Å². The summed E-state index contributed by atoms with van der Waals surface area (Å²) in [6.45, 7) is 7.09. The second-order valence-corrected chi connectivity index (χ2v) is 4.17. The topological polar surface area (TPSA) is 12.0 Å². The largest absolute Gasteiger partial charge is 0.314 e. The third-order valence-corrected chi connectivity index (χ3v) is 3.04. The van der Waals surface area contributed by atoms with Gasteiger partial charge in [-0.1, -0.05) is 38.7 Å². The van der Waals surface area contributed by atoms with Crippen molar-refractivity contribution in [1.29, 1.82) is 0 Å². The summed E-state index contributed by atoms with van der Waals surface area (Å²) in [7, 11) is 0. The van der Waals surface area contributed by atoms with Crippen molar-refractivity contribution in [3.05, 3.63) is 12.7 Å². The summed E-state index contributed by atoms with van der Waals surface area (Å²) in [4.78, 5) is 0. The van der Waals surface area contributed by atoms with Crippen LogP contribution in [0.1, 0.15) is 45.4 Å². The molecule has 1 aliphatic rings. The molecule has 0 aromatic heterocycles. The Hall–Kier alpha value is -0.300. The Balaban J connectivity index is 2.22. The summed E-state index contributed by atoms with van der Waals surface area (Å²) in [6.07, 6.45) is 10.4. The van der Waals surface area contributed by atoms with Gasteiger partial charge in [0, 0.05) is 6.04 Å². The van der Waals surface area contributed by atoms with Crippen molar-refractivity contribution in [3.63, 3.8) is 0 Å². The molecule has 1 heteroatoms. The first-order valence-corrected chi connectivity index (χ1v) is 5.71. The van der Waals surface area contributed by atoms with Crippen molar-refractivity contribution in [2.75, 3.05) is 6.54 Å². The van der Waals surface area contributed by atoms with E-state index in [0.717, 1.165) is 18.9 Å². The fraction of sp³-hybridized carbons (Fsp3) is 0.833. The van der Waals surface area contributed by atoms with Gasteiger partial charge in [0.15, 0.2) is 0 Å². The molecule has 1 N–H and O–H groups in total. The Morgan fingerprint density at radius 2 is 2.15 bits per heavy atom. The molecule has 0 aliphatic heterocycles. The first kappa shape index (κ1) is 10.8. The van der Waals surface area contributed by atoms with Crippen molar-refractivity contribution in [2.24, 2.45) is 5.92 Å². The molecule has 0 aromatic carbocycles. The Morgan fingerprint density at radius 3 is 2.69 bits per heavy atom. The highest BCUT2D eigenvalue weighted by Crippen LogP contribution is 2.29. The normalized spacial score (nSPS) is 20.4. The van der Waals surface area contributed by atoms with Crippen LogP contribution in [0.5, 0.6) is 0 Å². The van der Waals surface area contributed by atoms with Gasteiger partial charge >= 0.3 is 0 Å². The smallest absolute Gasteiger partial charge is 0.0104 e. The molecule has 1 saturated carbocycles. The molecule has 0 bridgehead atoms. The van der Waals surface area contributed by atoms with Crippen LogP contribution in [0.4, 0.5) is 0 Å². The minimum absolute atomic E-state index is 0.686. The first-order chi connectivity index (χ1) is 6.36. The molecule has 1 aliphatic carbocycles. The molecule has 0 spiro atoms. The Labute approximate surface area is 82.6 Å². The predicted octanol–water partition coefficient (Wildman–Crippen LogP) is 3.12. The molecule has 1 unspecified atom stereocenters.